The summed E-state index contributed by atoms with van der Waals surface area (Å²) < 4.78 is 5.03. The van der Waals surface area contributed by atoms with Gasteiger partial charge in [0, 0.05) is 38.3 Å². The van der Waals surface area contributed by atoms with Crippen LogP contribution in [0.5, 0.6) is 0 Å². The minimum Gasteiger partial charge on any atom is -0.339 e. The van der Waals surface area contributed by atoms with Crippen molar-refractivity contribution in [1.82, 2.24) is 24.0 Å². The van der Waals surface area contributed by atoms with Gasteiger partial charge in [0.2, 0.25) is 0 Å². The third-order valence-electron chi connectivity index (χ3n) is 6.04. The van der Waals surface area contributed by atoms with E-state index in [0.717, 1.165) is 45.3 Å². The van der Waals surface area contributed by atoms with Gasteiger partial charge in [0.25, 0.3) is 5.56 Å². The maximum Gasteiger partial charge on any atom is 0.331 e. The number of hydrogen-bond donors (Lipinski definition) is 1. The van der Waals surface area contributed by atoms with Crippen LogP contribution in [0, 0.1) is 20.8 Å². The quantitative estimate of drug-likeness (QED) is 0.526. The van der Waals surface area contributed by atoms with Crippen LogP contribution in [0.3, 0.4) is 0 Å². The van der Waals surface area contributed by atoms with Crippen molar-refractivity contribution in [3.05, 3.63) is 71.9 Å². The molecule has 1 atom stereocenters. The Labute approximate surface area is 183 Å². The summed E-state index contributed by atoms with van der Waals surface area (Å²) in [5.74, 6) is 0. The molecule has 1 aromatic carbocycles. The Balaban J connectivity index is 1.97. The van der Waals surface area contributed by atoms with Crippen LogP contribution in [-0.4, -0.2) is 25.2 Å². The van der Waals surface area contributed by atoms with Crippen molar-refractivity contribution >= 4 is 22.2 Å². The molecule has 0 radical (unpaired) electrons. The van der Waals surface area contributed by atoms with Crippen molar-refractivity contribution in [2.75, 3.05) is 6.54 Å². The van der Waals surface area contributed by atoms with Crippen LogP contribution in [0.25, 0.3) is 22.2 Å². The molecule has 4 heterocycles. The standard InChI is InChI=1S/C23H25N5O2S/c1-12-8-13(2)10-15(9-12)18-16-19(26(4)23(30)27(5)22(16)29)20-17(24-6-7-28(18)20)21-25-14(3)11-31-21/h8-11,17,24H,6-7H2,1-5H3. The molecule has 0 saturated carbocycles. The summed E-state index contributed by atoms with van der Waals surface area (Å²) in [5.41, 5.74) is 6.17. The highest BCUT2D eigenvalue weighted by Crippen LogP contribution is 2.39. The largest absolute Gasteiger partial charge is 0.339 e. The van der Waals surface area contributed by atoms with E-state index in [0.29, 0.717) is 17.4 Å². The van der Waals surface area contributed by atoms with Gasteiger partial charge in [0.1, 0.15) is 11.0 Å². The van der Waals surface area contributed by atoms with Crippen LogP contribution >= 0.6 is 11.3 Å². The minimum atomic E-state index is -0.322. The topological polar surface area (TPSA) is 73.8 Å². The number of nitrogens with zero attached hydrogens (tertiary/aromatic N) is 4. The zero-order chi connectivity index (χ0) is 22.0. The molecule has 1 N–H and O–H groups in total. The molecule has 31 heavy (non-hydrogen) atoms. The number of fused-ring (bicyclic) bond motifs is 3. The van der Waals surface area contributed by atoms with Crippen molar-refractivity contribution in [3.63, 3.8) is 0 Å². The van der Waals surface area contributed by atoms with Gasteiger partial charge in [-0.25, -0.2) is 9.78 Å². The summed E-state index contributed by atoms with van der Waals surface area (Å²) in [7, 11) is 3.29. The summed E-state index contributed by atoms with van der Waals surface area (Å²) in [4.78, 5) is 31.0. The maximum atomic E-state index is 13.4. The molecule has 0 amide bonds. The molecule has 1 unspecified atom stereocenters. The molecule has 160 valence electrons. The third kappa shape index (κ3) is 2.93. The second-order valence-electron chi connectivity index (χ2n) is 8.41. The third-order valence-corrected chi connectivity index (χ3v) is 7.07. The zero-order valence-electron chi connectivity index (χ0n) is 18.3. The fourth-order valence-corrected chi connectivity index (χ4v) is 5.68. The highest BCUT2D eigenvalue weighted by Gasteiger charge is 2.33. The Bertz CT molecular complexity index is 1450. The monoisotopic (exact) mass is 435 g/mol. The lowest BCUT2D eigenvalue weighted by atomic mass is 10.0. The van der Waals surface area contributed by atoms with Crippen LogP contribution in [0.15, 0.2) is 33.2 Å². The van der Waals surface area contributed by atoms with E-state index in [1.165, 1.54) is 4.57 Å². The van der Waals surface area contributed by atoms with Crippen LogP contribution in [0.4, 0.5) is 0 Å². The average molecular weight is 436 g/mol. The molecule has 0 spiro atoms. The fourth-order valence-electron chi connectivity index (χ4n) is 4.80. The van der Waals surface area contributed by atoms with Crippen molar-refractivity contribution in [2.45, 2.75) is 33.4 Å². The Kier molecular flexibility index (Phi) is 4.53. The van der Waals surface area contributed by atoms with E-state index < -0.39 is 0 Å². The van der Waals surface area contributed by atoms with Gasteiger partial charge in [-0.15, -0.1) is 11.3 Å². The number of thiazole rings is 1. The highest BCUT2D eigenvalue weighted by molar-refractivity contribution is 7.09. The van der Waals surface area contributed by atoms with Crippen LogP contribution in [0.2, 0.25) is 0 Å². The van der Waals surface area contributed by atoms with E-state index in [9.17, 15) is 9.59 Å². The fraction of sp³-hybridized carbons (Fsp3) is 0.348. The number of hydrogen-bond acceptors (Lipinski definition) is 5. The lowest BCUT2D eigenvalue weighted by molar-refractivity contribution is 0.470. The summed E-state index contributed by atoms with van der Waals surface area (Å²) in [6.45, 7) is 7.57. The first-order chi connectivity index (χ1) is 14.8. The van der Waals surface area contributed by atoms with Gasteiger partial charge in [-0.2, -0.15) is 0 Å². The molecular weight excluding hydrogens is 410 g/mol. The van der Waals surface area contributed by atoms with Gasteiger partial charge in [0.05, 0.1) is 22.3 Å². The molecule has 4 aromatic rings. The first-order valence-corrected chi connectivity index (χ1v) is 11.2. The number of aryl methyl sites for hydroxylation is 4. The number of nitrogens with one attached hydrogen (secondary N) is 1. The number of aromatic nitrogens is 4. The minimum absolute atomic E-state index is 0.174. The molecule has 3 aromatic heterocycles. The van der Waals surface area contributed by atoms with Crippen molar-refractivity contribution in [3.8, 4) is 11.3 Å². The molecule has 7 nitrogen and oxygen atoms in total. The van der Waals surface area contributed by atoms with Gasteiger partial charge >= 0.3 is 5.69 Å². The molecule has 1 aliphatic rings. The second kappa shape index (κ2) is 7.03. The van der Waals surface area contributed by atoms with Gasteiger partial charge in [-0.3, -0.25) is 13.9 Å². The SMILES string of the molecule is Cc1cc(C)cc(-c2c3c(=O)n(C)c(=O)n(C)c3c3n2CCNC3c2nc(C)cs2)c1. The molecule has 0 fully saturated rings. The van der Waals surface area contributed by atoms with E-state index in [1.807, 2.05) is 12.3 Å². The Morgan fingerprint density at radius 1 is 1.06 bits per heavy atom. The van der Waals surface area contributed by atoms with Crippen LogP contribution in [0.1, 0.15) is 33.6 Å². The number of benzene rings is 1. The first kappa shape index (κ1) is 20.0. The second-order valence-corrected chi connectivity index (χ2v) is 9.30. The van der Waals surface area contributed by atoms with Crippen molar-refractivity contribution in [1.29, 1.82) is 0 Å². The lowest BCUT2D eigenvalue weighted by Crippen LogP contribution is -2.38. The maximum absolute atomic E-state index is 13.4. The molecular formula is C23H25N5O2S. The van der Waals surface area contributed by atoms with Gasteiger partial charge < -0.3 is 9.88 Å². The van der Waals surface area contributed by atoms with E-state index in [2.05, 4.69) is 41.9 Å². The molecule has 1 aliphatic heterocycles. The molecule has 5 rings (SSSR count). The van der Waals surface area contributed by atoms with Gasteiger partial charge in [-0.05, 0) is 38.5 Å². The van der Waals surface area contributed by atoms with Crippen molar-refractivity contribution < 1.29 is 0 Å². The van der Waals surface area contributed by atoms with E-state index >= 15 is 0 Å². The first-order valence-electron chi connectivity index (χ1n) is 10.3. The molecule has 0 bridgehead atoms. The average Bonchev–Trinajstić information content (AvgIpc) is 3.31. The molecule has 0 saturated heterocycles. The Hall–Kier alpha value is -2.97. The normalized spacial score (nSPS) is 16.1. The molecule has 0 aliphatic carbocycles. The summed E-state index contributed by atoms with van der Waals surface area (Å²) >= 11 is 1.60. The summed E-state index contributed by atoms with van der Waals surface area (Å²) in [6.07, 6.45) is 0. The van der Waals surface area contributed by atoms with E-state index in [-0.39, 0.29) is 17.3 Å². The predicted molar refractivity (Wildman–Crippen MR) is 124 cm³/mol. The zero-order valence-corrected chi connectivity index (χ0v) is 19.1. The smallest absolute Gasteiger partial charge is 0.331 e. The van der Waals surface area contributed by atoms with Crippen molar-refractivity contribution in [2.24, 2.45) is 14.1 Å². The van der Waals surface area contributed by atoms with Gasteiger partial charge in [-0.1, -0.05) is 17.2 Å². The Morgan fingerprint density at radius 2 is 1.77 bits per heavy atom. The highest BCUT2D eigenvalue weighted by atomic mass is 32.1. The summed E-state index contributed by atoms with van der Waals surface area (Å²) in [5, 5.41) is 7.13. The number of rotatable bonds is 2. The summed E-state index contributed by atoms with van der Waals surface area (Å²) in [6, 6.07) is 6.18. The van der Waals surface area contributed by atoms with Gasteiger partial charge in [0.15, 0.2) is 0 Å². The Morgan fingerprint density at radius 3 is 2.42 bits per heavy atom. The predicted octanol–water partition coefficient (Wildman–Crippen LogP) is 2.78. The molecule has 8 heteroatoms. The van der Waals surface area contributed by atoms with Crippen LogP contribution < -0.4 is 16.6 Å². The van der Waals surface area contributed by atoms with E-state index in [1.54, 1.807) is 30.0 Å². The van der Waals surface area contributed by atoms with Crippen LogP contribution in [-0.2, 0) is 20.6 Å². The lowest BCUT2D eigenvalue weighted by Gasteiger charge is -2.27. The van der Waals surface area contributed by atoms with E-state index in [4.69, 9.17) is 4.98 Å².